The third-order valence-corrected chi connectivity index (χ3v) is 4.60. The van der Waals surface area contributed by atoms with E-state index in [1.807, 2.05) is 0 Å². The molecule has 0 aromatic rings. The lowest BCUT2D eigenvalue weighted by Gasteiger charge is -2.44. The Labute approximate surface area is 123 Å². The molecular weight excluding hydrogens is 250 g/mol. The van der Waals surface area contributed by atoms with E-state index in [0.29, 0.717) is 12.1 Å². The molecule has 2 unspecified atom stereocenters. The van der Waals surface area contributed by atoms with E-state index >= 15 is 0 Å². The summed E-state index contributed by atoms with van der Waals surface area (Å²) in [4.78, 5) is 14.5. The van der Waals surface area contributed by atoms with Crippen molar-refractivity contribution in [3.8, 4) is 0 Å². The molecule has 0 aliphatic heterocycles. The Morgan fingerprint density at radius 3 is 2.50 bits per heavy atom. The quantitative estimate of drug-likeness (QED) is 0.809. The summed E-state index contributed by atoms with van der Waals surface area (Å²) in [5.41, 5.74) is 5.57. The predicted octanol–water partition coefficient (Wildman–Crippen LogP) is 1.88. The molecule has 2 saturated carbocycles. The van der Waals surface area contributed by atoms with Crippen molar-refractivity contribution in [1.29, 1.82) is 0 Å². The fourth-order valence-electron chi connectivity index (χ4n) is 3.54. The van der Waals surface area contributed by atoms with Gasteiger partial charge in [-0.25, -0.2) is 0 Å². The molecule has 20 heavy (non-hydrogen) atoms. The minimum Gasteiger partial charge on any atom is -0.368 e. The second-order valence-electron chi connectivity index (χ2n) is 8.09. The maximum Gasteiger partial charge on any atom is 0.237 e. The van der Waals surface area contributed by atoms with Crippen LogP contribution in [0.5, 0.6) is 0 Å². The van der Waals surface area contributed by atoms with E-state index in [1.54, 1.807) is 0 Å². The number of nitrogens with one attached hydrogen (secondary N) is 1. The van der Waals surface area contributed by atoms with Gasteiger partial charge in [-0.05, 0) is 51.0 Å². The second-order valence-corrected chi connectivity index (χ2v) is 8.09. The number of carbonyl (C=O) groups is 1. The van der Waals surface area contributed by atoms with Gasteiger partial charge in [0, 0.05) is 18.6 Å². The largest absolute Gasteiger partial charge is 0.368 e. The summed E-state index contributed by atoms with van der Waals surface area (Å²) in [6.07, 6.45) is 6.41. The highest BCUT2D eigenvalue weighted by Gasteiger charge is 2.45. The highest BCUT2D eigenvalue weighted by Crippen LogP contribution is 2.35. The van der Waals surface area contributed by atoms with Crippen LogP contribution in [0.4, 0.5) is 0 Å². The van der Waals surface area contributed by atoms with E-state index in [1.165, 1.54) is 19.3 Å². The van der Waals surface area contributed by atoms with Crippen LogP contribution in [0.25, 0.3) is 0 Å². The topological polar surface area (TPSA) is 58.4 Å². The van der Waals surface area contributed by atoms with Gasteiger partial charge in [0.25, 0.3) is 0 Å². The van der Waals surface area contributed by atoms with Crippen molar-refractivity contribution in [1.82, 2.24) is 10.2 Å². The van der Waals surface area contributed by atoms with Crippen LogP contribution in [-0.2, 0) is 4.79 Å². The molecule has 0 heterocycles. The van der Waals surface area contributed by atoms with Crippen LogP contribution < -0.4 is 11.1 Å². The second kappa shape index (κ2) is 5.64. The van der Waals surface area contributed by atoms with Gasteiger partial charge in [-0.1, -0.05) is 20.8 Å². The molecule has 0 saturated heterocycles. The normalized spacial score (nSPS) is 31.6. The molecule has 0 bridgehead atoms. The lowest BCUT2D eigenvalue weighted by atomic mass is 9.77. The summed E-state index contributed by atoms with van der Waals surface area (Å²) in [6.45, 7) is 7.83. The lowest BCUT2D eigenvalue weighted by Crippen LogP contribution is -2.61. The minimum absolute atomic E-state index is 0.154. The van der Waals surface area contributed by atoms with Crippen LogP contribution in [0, 0.1) is 5.41 Å². The number of amides is 1. The van der Waals surface area contributed by atoms with E-state index in [0.717, 1.165) is 25.8 Å². The third kappa shape index (κ3) is 3.95. The van der Waals surface area contributed by atoms with Crippen LogP contribution in [0.1, 0.15) is 59.3 Å². The standard InChI is InChI=1S/C16H31N3O/c1-15(2,3)11-19(4)13-6-5-9-16(10-13,14(17)20)18-12-7-8-12/h12-13,18H,5-11H2,1-4H3,(H2,17,20). The first-order valence-corrected chi connectivity index (χ1v) is 8.00. The van der Waals surface area contributed by atoms with Gasteiger partial charge in [0.2, 0.25) is 5.91 Å². The summed E-state index contributed by atoms with van der Waals surface area (Å²) < 4.78 is 0. The zero-order valence-corrected chi connectivity index (χ0v) is 13.5. The molecule has 0 aromatic heterocycles. The highest BCUT2D eigenvalue weighted by molar-refractivity contribution is 5.85. The number of rotatable bonds is 5. The van der Waals surface area contributed by atoms with Crippen molar-refractivity contribution < 1.29 is 4.79 Å². The van der Waals surface area contributed by atoms with Gasteiger partial charge in [-0.2, -0.15) is 0 Å². The van der Waals surface area contributed by atoms with E-state index in [4.69, 9.17) is 5.73 Å². The van der Waals surface area contributed by atoms with Crippen molar-refractivity contribution in [3.05, 3.63) is 0 Å². The van der Waals surface area contributed by atoms with Crippen molar-refractivity contribution in [2.75, 3.05) is 13.6 Å². The Morgan fingerprint density at radius 1 is 1.35 bits per heavy atom. The fourth-order valence-corrected chi connectivity index (χ4v) is 3.54. The van der Waals surface area contributed by atoms with Gasteiger partial charge in [0.15, 0.2) is 0 Å². The van der Waals surface area contributed by atoms with E-state index in [2.05, 4.69) is 38.0 Å². The van der Waals surface area contributed by atoms with Gasteiger partial charge in [-0.3, -0.25) is 4.79 Å². The van der Waals surface area contributed by atoms with Gasteiger partial charge in [0.1, 0.15) is 0 Å². The Hall–Kier alpha value is -0.610. The average Bonchev–Trinajstić information content (AvgIpc) is 3.10. The molecule has 0 radical (unpaired) electrons. The molecule has 2 rings (SSSR count). The summed E-state index contributed by atoms with van der Waals surface area (Å²) in [5, 5.41) is 3.55. The van der Waals surface area contributed by atoms with Gasteiger partial charge >= 0.3 is 0 Å². The first-order valence-electron chi connectivity index (χ1n) is 8.00. The molecule has 116 valence electrons. The zero-order chi connectivity index (χ0) is 15.0. The van der Waals surface area contributed by atoms with E-state index in [-0.39, 0.29) is 11.3 Å². The Bertz CT molecular complexity index is 359. The molecule has 1 amide bonds. The maximum absolute atomic E-state index is 12.0. The number of nitrogens with two attached hydrogens (primary N) is 1. The Kier molecular flexibility index (Phi) is 4.45. The number of hydrogen-bond donors (Lipinski definition) is 2. The number of nitrogens with zero attached hydrogens (tertiary/aromatic N) is 1. The molecule has 2 aliphatic carbocycles. The number of carbonyl (C=O) groups excluding carboxylic acids is 1. The minimum atomic E-state index is -0.462. The van der Waals surface area contributed by atoms with Crippen molar-refractivity contribution in [2.24, 2.45) is 11.1 Å². The monoisotopic (exact) mass is 281 g/mol. The van der Waals surface area contributed by atoms with Crippen molar-refractivity contribution in [3.63, 3.8) is 0 Å². The molecule has 4 heteroatoms. The maximum atomic E-state index is 12.0. The number of primary amides is 1. The third-order valence-electron chi connectivity index (χ3n) is 4.60. The first kappa shape index (κ1) is 15.8. The molecule has 0 spiro atoms. The van der Waals surface area contributed by atoms with Gasteiger partial charge in [0.05, 0.1) is 5.54 Å². The van der Waals surface area contributed by atoms with Crippen LogP contribution in [0.15, 0.2) is 0 Å². The summed E-state index contributed by atoms with van der Waals surface area (Å²) in [5.74, 6) is -0.154. The van der Waals surface area contributed by atoms with Gasteiger partial charge in [-0.15, -0.1) is 0 Å². The molecule has 2 aliphatic rings. The summed E-state index contributed by atoms with van der Waals surface area (Å²) >= 11 is 0. The smallest absolute Gasteiger partial charge is 0.237 e. The zero-order valence-electron chi connectivity index (χ0n) is 13.5. The van der Waals surface area contributed by atoms with Crippen LogP contribution in [0.3, 0.4) is 0 Å². The molecule has 2 atom stereocenters. The molecule has 3 N–H and O–H groups in total. The SMILES string of the molecule is CN(CC(C)(C)C)C1CCCC(NC2CC2)(C(N)=O)C1. The summed E-state index contributed by atoms with van der Waals surface area (Å²) in [7, 11) is 2.18. The fraction of sp³-hybridized carbons (Fsp3) is 0.938. The predicted molar refractivity (Wildman–Crippen MR) is 82.4 cm³/mol. The first-order chi connectivity index (χ1) is 9.22. The average molecular weight is 281 g/mol. The lowest BCUT2D eigenvalue weighted by molar-refractivity contribution is -0.126. The van der Waals surface area contributed by atoms with Crippen LogP contribution in [0.2, 0.25) is 0 Å². The molecule has 4 nitrogen and oxygen atoms in total. The van der Waals surface area contributed by atoms with Gasteiger partial charge < -0.3 is 16.0 Å². The van der Waals surface area contributed by atoms with E-state index in [9.17, 15) is 4.79 Å². The Morgan fingerprint density at radius 2 is 2.00 bits per heavy atom. The van der Waals surface area contributed by atoms with Crippen LogP contribution >= 0.6 is 0 Å². The highest BCUT2D eigenvalue weighted by atomic mass is 16.1. The van der Waals surface area contributed by atoms with Crippen LogP contribution in [-0.4, -0.2) is 42.0 Å². The Balaban J connectivity index is 2.03. The molecule has 2 fully saturated rings. The van der Waals surface area contributed by atoms with Crippen molar-refractivity contribution >= 4 is 5.91 Å². The summed E-state index contributed by atoms with van der Waals surface area (Å²) in [6, 6.07) is 0.982. The van der Waals surface area contributed by atoms with E-state index < -0.39 is 5.54 Å². The number of hydrogen-bond acceptors (Lipinski definition) is 3. The molecule has 0 aromatic carbocycles. The van der Waals surface area contributed by atoms with Crippen molar-refractivity contribution in [2.45, 2.75) is 76.9 Å². The molecular formula is C16H31N3O.